The highest BCUT2D eigenvalue weighted by molar-refractivity contribution is 7.91. The number of rotatable bonds is 4. The van der Waals surface area contributed by atoms with Crippen LogP contribution in [0.4, 0.5) is 11.5 Å². The first-order valence-electron chi connectivity index (χ1n) is 7.70. The number of halogens is 1. The van der Waals surface area contributed by atoms with E-state index in [1.165, 1.54) is 6.07 Å². The van der Waals surface area contributed by atoms with Crippen molar-refractivity contribution in [1.29, 1.82) is 0 Å². The summed E-state index contributed by atoms with van der Waals surface area (Å²) in [5.41, 5.74) is 1.65. The molecule has 2 N–H and O–H groups in total. The van der Waals surface area contributed by atoms with Gasteiger partial charge in [0.1, 0.15) is 5.82 Å². The van der Waals surface area contributed by atoms with Crippen LogP contribution in [0.2, 0.25) is 5.02 Å². The Morgan fingerprint density at radius 3 is 2.68 bits per heavy atom. The zero-order chi connectivity index (χ0) is 18.0. The Hall–Kier alpha value is -2.19. The van der Waals surface area contributed by atoms with Gasteiger partial charge in [0.25, 0.3) is 5.91 Å². The van der Waals surface area contributed by atoms with Crippen molar-refractivity contribution in [3.63, 3.8) is 0 Å². The number of anilines is 2. The fraction of sp³-hybridized carbons (Fsp3) is 0.312. The molecule has 1 saturated heterocycles. The number of carbonyl (C=O) groups is 1. The van der Waals surface area contributed by atoms with E-state index in [0.717, 1.165) is 5.56 Å². The van der Waals surface area contributed by atoms with Crippen molar-refractivity contribution in [3.05, 3.63) is 46.6 Å². The van der Waals surface area contributed by atoms with Gasteiger partial charge in [0, 0.05) is 16.8 Å². The molecule has 2 aromatic rings. The second-order valence-electron chi connectivity index (χ2n) is 5.96. The zero-order valence-electron chi connectivity index (χ0n) is 13.5. The molecule has 25 heavy (non-hydrogen) atoms. The summed E-state index contributed by atoms with van der Waals surface area (Å²) in [5.74, 6) is 0.313. The molecule has 9 heteroatoms. The lowest BCUT2D eigenvalue weighted by Gasteiger charge is -2.11. The summed E-state index contributed by atoms with van der Waals surface area (Å²) in [6.45, 7) is 1.86. The fourth-order valence-corrected chi connectivity index (χ4v) is 4.41. The van der Waals surface area contributed by atoms with Gasteiger partial charge >= 0.3 is 0 Å². The van der Waals surface area contributed by atoms with Crippen molar-refractivity contribution in [2.75, 3.05) is 22.1 Å². The highest BCUT2D eigenvalue weighted by Crippen LogP contribution is 2.21. The van der Waals surface area contributed by atoms with E-state index in [0.29, 0.717) is 22.9 Å². The summed E-state index contributed by atoms with van der Waals surface area (Å²) in [4.78, 5) is 12.3. The second kappa shape index (κ2) is 6.97. The van der Waals surface area contributed by atoms with E-state index in [4.69, 9.17) is 11.6 Å². The molecule has 1 fully saturated rings. The Morgan fingerprint density at radius 1 is 1.24 bits per heavy atom. The lowest BCUT2D eigenvalue weighted by molar-refractivity contribution is 0.102. The van der Waals surface area contributed by atoms with Gasteiger partial charge in [-0.2, -0.15) is 0 Å². The van der Waals surface area contributed by atoms with Gasteiger partial charge in [0.2, 0.25) is 0 Å². The number of amides is 1. The van der Waals surface area contributed by atoms with Crippen LogP contribution >= 0.6 is 11.6 Å². The molecule has 1 aliphatic rings. The molecular weight excluding hydrogens is 364 g/mol. The number of benzene rings is 1. The Kier molecular flexibility index (Phi) is 4.91. The van der Waals surface area contributed by atoms with Crippen molar-refractivity contribution in [2.24, 2.45) is 0 Å². The van der Waals surface area contributed by atoms with Gasteiger partial charge in [-0.25, -0.2) is 8.42 Å². The summed E-state index contributed by atoms with van der Waals surface area (Å²) in [5, 5.41) is 14.1. The second-order valence-corrected chi connectivity index (χ2v) is 8.63. The van der Waals surface area contributed by atoms with Crippen LogP contribution in [0.15, 0.2) is 30.3 Å². The third-order valence-corrected chi connectivity index (χ3v) is 5.93. The van der Waals surface area contributed by atoms with Crippen LogP contribution in [0.3, 0.4) is 0 Å². The number of hydrogen-bond acceptors (Lipinski definition) is 6. The monoisotopic (exact) mass is 380 g/mol. The summed E-state index contributed by atoms with van der Waals surface area (Å²) in [7, 11) is -2.96. The van der Waals surface area contributed by atoms with Crippen molar-refractivity contribution in [1.82, 2.24) is 10.2 Å². The van der Waals surface area contributed by atoms with E-state index in [-0.39, 0.29) is 23.2 Å². The summed E-state index contributed by atoms with van der Waals surface area (Å²) < 4.78 is 22.9. The van der Waals surface area contributed by atoms with Gasteiger partial charge in [0.15, 0.2) is 15.5 Å². The average Bonchev–Trinajstić information content (AvgIpc) is 2.90. The predicted octanol–water partition coefficient (Wildman–Crippen LogP) is 2.29. The zero-order valence-corrected chi connectivity index (χ0v) is 15.1. The van der Waals surface area contributed by atoms with E-state index in [2.05, 4.69) is 20.8 Å². The molecule has 1 aromatic carbocycles. The molecule has 1 unspecified atom stereocenters. The predicted molar refractivity (Wildman–Crippen MR) is 96.9 cm³/mol. The minimum atomic E-state index is -2.96. The van der Waals surface area contributed by atoms with Crippen molar-refractivity contribution < 1.29 is 13.2 Å². The molecule has 3 rings (SSSR count). The van der Waals surface area contributed by atoms with Gasteiger partial charge in [-0.05, 0) is 43.2 Å². The number of nitrogens with zero attached hydrogens (tertiary/aromatic N) is 2. The maximum absolute atomic E-state index is 12.3. The Bertz CT molecular complexity index is 900. The van der Waals surface area contributed by atoms with Crippen molar-refractivity contribution >= 4 is 38.9 Å². The minimum absolute atomic E-state index is 0.0883. The first kappa shape index (κ1) is 17.6. The molecule has 132 valence electrons. The normalized spacial score (nSPS) is 18.7. The fourth-order valence-electron chi connectivity index (χ4n) is 2.56. The van der Waals surface area contributed by atoms with Crippen LogP contribution in [0.25, 0.3) is 0 Å². The Labute approximate surface area is 150 Å². The summed E-state index contributed by atoms with van der Waals surface area (Å²) in [6, 6.07) is 8.19. The molecule has 0 aliphatic carbocycles. The van der Waals surface area contributed by atoms with Gasteiger partial charge in [-0.15, -0.1) is 10.2 Å². The van der Waals surface area contributed by atoms with Crippen LogP contribution in [-0.2, 0) is 9.84 Å². The van der Waals surface area contributed by atoms with Gasteiger partial charge < -0.3 is 10.6 Å². The molecule has 0 spiro atoms. The van der Waals surface area contributed by atoms with E-state index in [1.54, 1.807) is 18.2 Å². The van der Waals surface area contributed by atoms with Crippen molar-refractivity contribution in [3.8, 4) is 0 Å². The van der Waals surface area contributed by atoms with Crippen LogP contribution < -0.4 is 10.6 Å². The Morgan fingerprint density at radius 2 is 2.04 bits per heavy atom. The molecule has 0 radical (unpaired) electrons. The third kappa shape index (κ3) is 4.46. The van der Waals surface area contributed by atoms with Gasteiger partial charge in [-0.1, -0.05) is 17.7 Å². The molecule has 1 amide bonds. The first-order valence-corrected chi connectivity index (χ1v) is 9.90. The number of carbonyl (C=O) groups excluding carboxylic acids is 1. The average molecular weight is 381 g/mol. The van der Waals surface area contributed by atoms with Crippen molar-refractivity contribution in [2.45, 2.75) is 19.4 Å². The lowest BCUT2D eigenvalue weighted by Crippen LogP contribution is -2.22. The van der Waals surface area contributed by atoms with Crippen LogP contribution in [0.1, 0.15) is 22.5 Å². The largest absolute Gasteiger partial charge is 0.365 e. The molecule has 1 aliphatic heterocycles. The first-order chi connectivity index (χ1) is 11.8. The molecule has 0 bridgehead atoms. The smallest absolute Gasteiger partial charge is 0.276 e. The topological polar surface area (TPSA) is 101 Å². The minimum Gasteiger partial charge on any atom is -0.365 e. The van der Waals surface area contributed by atoms with Crippen LogP contribution in [0.5, 0.6) is 0 Å². The van der Waals surface area contributed by atoms with Gasteiger partial charge in [0.05, 0.1) is 11.5 Å². The third-order valence-electron chi connectivity index (χ3n) is 3.93. The number of aromatic nitrogens is 2. The summed E-state index contributed by atoms with van der Waals surface area (Å²) >= 11 is 5.94. The highest BCUT2D eigenvalue weighted by atomic mass is 35.5. The lowest BCUT2D eigenvalue weighted by atomic mass is 10.2. The molecule has 0 saturated carbocycles. The van der Waals surface area contributed by atoms with Crippen LogP contribution in [0, 0.1) is 6.92 Å². The number of nitrogens with one attached hydrogen (secondary N) is 2. The molecule has 1 atom stereocenters. The molecule has 7 nitrogen and oxygen atoms in total. The molecule has 1 aromatic heterocycles. The number of hydrogen-bond donors (Lipinski definition) is 2. The SMILES string of the molecule is Cc1ccc(Cl)cc1NC(=O)c1ccc(NC2CCS(=O)(=O)C2)nn1. The maximum atomic E-state index is 12.3. The van der Waals surface area contributed by atoms with E-state index < -0.39 is 15.7 Å². The van der Waals surface area contributed by atoms with Gasteiger partial charge in [-0.3, -0.25) is 4.79 Å². The number of aryl methyl sites for hydroxylation is 1. The Balaban J connectivity index is 1.65. The molecular formula is C16H17ClN4O3S. The maximum Gasteiger partial charge on any atom is 0.276 e. The van der Waals surface area contributed by atoms with E-state index in [9.17, 15) is 13.2 Å². The highest BCUT2D eigenvalue weighted by Gasteiger charge is 2.28. The number of sulfone groups is 1. The summed E-state index contributed by atoms with van der Waals surface area (Å²) in [6.07, 6.45) is 0.542. The quantitative estimate of drug-likeness (QED) is 0.843. The van der Waals surface area contributed by atoms with Crippen LogP contribution in [-0.4, -0.2) is 42.1 Å². The molecule has 2 heterocycles. The van der Waals surface area contributed by atoms with E-state index >= 15 is 0 Å². The van der Waals surface area contributed by atoms with E-state index in [1.807, 2.05) is 13.0 Å². The standard InChI is InChI=1S/C16H17ClN4O3S/c1-10-2-3-11(17)8-14(10)19-16(22)13-4-5-15(21-20-13)18-12-6-7-25(23,24)9-12/h2-5,8,12H,6-7,9H2,1H3,(H,18,21)(H,19,22).